The lowest BCUT2D eigenvalue weighted by Crippen LogP contribution is -1.94. The highest BCUT2D eigenvalue weighted by molar-refractivity contribution is 5.00. The Hall–Kier alpha value is -0.560. The molecule has 10 heavy (non-hydrogen) atoms. The van der Waals surface area contributed by atoms with Crippen molar-refractivity contribution in [3.05, 3.63) is 23.8 Å². The zero-order valence-electron chi connectivity index (χ0n) is 6.93. The van der Waals surface area contributed by atoms with E-state index in [2.05, 4.69) is 25.2 Å². The fraction of sp³-hybridized carbons (Fsp3) is 0.556. The van der Waals surface area contributed by atoms with Crippen LogP contribution < -0.4 is 5.73 Å². The molecule has 0 aromatic heterocycles. The van der Waals surface area contributed by atoms with Crippen LogP contribution in [0.4, 0.5) is 0 Å². The molecular weight excluding hydrogens is 122 g/mol. The van der Waals surface area contributed by atoms with E-state index in [0.29, 0.717) is 6.54 Å². The first-order valence-electron chi connectivity index (χ1n) is 3.78. The number of hydrogen-bond donors (Lipinski definition) is 1. The van der Waals surface area contributed by atoms with Gasteiger partial charge in [-0.1, -0.05) is 23.8 Å². The van der Waals surface area contributed by atoms with Crippen molar-refractivity contribution in [3.63, 3.8) is 0 Å². The van der Waals surface area contributed by atoms with Crippen LogP contribution in [0.1, 0.15) is 26.7 Å². The lowest BCUT2D eigenvalue weighted by atomic mass is 10.1. The van der Waals surface area contributed by atoms with E-state index in [1.165, 1.54) is 5.57 Å². The van der Waals surface area contributed by atoms with E-state index in [4.69, 9.17) is 5.73 Å². The summed E-state index contributed by atoms with van der Waals surface area (Å²) in [6.45, 7) is 4.83. The highest BCUT2D eigenvalue weighted by Crippen LogP contribution is 2.02. The molecule has 0 radical (unpaired) electrons. The van der Waals surface area contributed by atoms with E-state index in [1.54, 1.807) is 0 Å². The Labute approximate surface area is 63.6 Å². The zero-order chi connectivity index (χ0) is 7.82. The van der Waals surface area contributed by atoms with E-state index in [1.807, 2.05) is 6.92 Å². The Bertz CT molecular complexity index is 123. The predicted molar refractivity (Wildman–Crippen MR) is 46.9 cm³/mol. The summed E-state index contributed by atoms with van der Waals surface area (Å²) < 4.78 is 0. The second-order valence-electron chi connectivity index (χ2n) is 2.39. The summed E-state index contributed by atoms with van der Waals surface area (Å²) in [6.07, 6.45) is 8.60. The minimum absolute atomic E-state index is 0.668. The predicted octanol–water partition coefficient (Wildman–Crippen LogP) is 2.25. The first kappa shape index (κ1) is 9.44. The number of nitrogens with two attached hydrogens (primary N) is 1. The standard InChI is InChI=1S/C9H17N/c1-3-4-5-6-9(2)7-8-10/h3-4,7H,5-6,8,10H2,1-2H3/b4-3+,9-7+. The summed E-state index contributed by atoms with van der Waals surface area (Å²) in [5.41, 5.74) is 6.73. The largest absolute Gasteiger partial charge is 0.327 e. The molecule has 1 heteroatoms. The molecule has 0 spiro atoms. The van der Waals surface area contributed by atoms with E-state index in [9.17, 15) is 0 Å². The van der Waals surface area contributed by atoms with Gasteiger partial charge in [0.1, 0.15) is 0 Å². The molecule has 1 nitrogen and oxygen atoms in total. The SMILES string of the molecule is C/C=C/CC/C(C)=C/CN. The molecular formula is C9H17N. The van der Waals surface area contributed by atoms with Crippen LogP contribution in [0, 0.1) is 0 Å². The van der Waals surface area contributed by atoms with Crippen molar-refractivity contribution >= 4 is 0 Å². The van der Waals surface area contributed by atoms with Gasteiger partial charge in [0.05, 0.1) is 0 Å². The average Bonchev–Trinajstić information content (AvgIpc) is 1.89. The lowest BCUT2D eigenvalue weighted by Gasteiger charge is -1.94. The van der Waals surface area contributed by atoms with Gasteiger partial charge < -0.3 is 5.73 Å². The van der Waals surface area contributed by atoms with Crippen molar-refractivity contribution < 1.29 is 0 Å². The Kier molecular flexibility index (Phi) is 6.19. The fourth-order valence-electron chi connectivity index (χ4n) is 0.781. The van der Waals surface area contributed by atoms with Crippen molar-refractivity contribution in [1.29, 1.82) is 0 Å². The molecule has 0 saturated carbocycles. The minimum Gasteiger partial charge on any atom is -0.327 e. The van der Waals surface area contributed by atoms with Crippen LogP contribution in [0.2, 0.25) is 0 Å². The Morgan fingerprint density at radius 3 is 2.70 bits per heavy atom. The van der Waals surface area contributed by atoms with Gasteiger partial charge in [0.25, 0.3) is 0 Å². The normalized spacial score (nSPS) is 12.9. The quantitative estimate of drug-likeness (QED) is 0.594. The van der Waals surface area contributed by atoms with Crippen LogP contribution in [0.3, 0.4) is 0 Å². The van der Waals surface area contributed by atoms with E-state index < -0.39 is 0 Å². The van der Waals surface area contributed by atoms with Gasteiger partial charge in [0, 0.05) is 6.54 Å². The maximum Gasteiger partial charge on any atom is 0.0109 e. The Balaban J connectivity index is 3.38. The Morgan fingerprint density at radius 1 is 1.50 bits per heavy atom. The topological polar surface area (TPSA) is 26.0 Å². The summed E-state index contributed by atoms with van der Waals surface area (Å²) in [4.78, 5) is 0. The Morgan fingerprint density at radius 2 is 2.20 bits per heavy atom. The van der Waals surface area contributed by atoms with Crippen molar-refractivity contribution in [2.24, 2.45) is 5.73 Å². The maximum atomic E-state index is 5.34. The van der Waals surface area contributed by atoms with Crippen LogP contribution in [0.15, 0.2) is 23.8 Å². The van der Waals surface area contributed by atoms with Gasteiger partial charge >= 0.3 is 0 Å². The van der Waals surface area contributed by atoms with Gasteiger partial charge in [-0.15, -0.1) is 0 Å². The van der Waals surface area contributed by atoms with Crippen molar-refractivity contribution in [3.8, 4) is 0 Å². The van der Waals surface area contributed by atoms with Crippen LogP contribution >= 0.6 is 0 Å². The van der Waals surface area contributed by atoms with Crippen molar-refractivity contribution in [1.82, 2.24) is 0 Å². The molecule has 0 atom stereocenters. The first-order chi connectivity index (χ1) is 4.81. The summed E-state index contributed by atoms with van der Waals surface area (Å²) >= 11 is 0. The highest BCUT2D eigenvalue weighted by Gasteiger charge is 1.84. The summed E-state index contributed by atoms with van der Waals surface area (Å²) in [5, 5.41) is 0. The third-order valence-electron chi connectivity index (χ3n) is 1.41. The molecule has 0 fully saturated rings. The van der Waals surface area contributed by atoms with E-state index in [0.717, 1.165) is 12.8 Å². The monoisotopic (exact) mass is 139 g/mol. The summed E-state index contributed by atoms with van der Waals surface area (Å²) in [5.74, 6) is 0. The zero-order valence-corrected chi connectivity index (χ0v) is 6.93. The second kappa shape index (κ2) is 6.56. The minimum atomic E-state index is 0.668. The molecule has 58 valence electrons. The number of hydrogen-bond acceptors (Lipinski definition) is 1. The molecule has 0 heterocycles. The van der Waals surface area contributed by atoms with Gasteiger partial charge in [-0.25, -0.2) is 0 Å². The number of allylic oxidation sites excluding steroid dienone is 3. The number of rotatable bonds is 4. The van der Waals surface area contributed by atoms with Gasteiger partial charge in [-0.2, -0.15) is 0 Å². The molecule has 0 aliphatic heterocycles. The summed E-state index contributed by atoms with van der Waals surface area (Å²) in [6, 6.07) is 0. The molecule has 0 rings (SSSR count). The van der Waals surface area contributed by atoms with Gasteiger partial charge in [-0.05, 0) is 26.7 Å². The fourth-order valence-corrected chi connectivity index (χ4v) is 0.781. The molecule has 0 aliphatic carbocycles. The molecule has 2 N–H and O–H groups in total. The van der Waals surface area contributed by atoms with Crippen LogP contribution in [-0.4, -0.2) is 6.54 Å². The van der Waals surface area contributed by atoms with Crippen LogP contribution in [0.5, 0.6) is 0 Å². The molecule has 0 aromatic rings. The average molecular weight is 139 g/mol. The molecule has 0 bridgehead atoms. The molecule has 0 aromatic carbocycles. The molecule has 0 aliphatic rings. The third-order valence-corrected chi connectivity index (χ3v) is 1.41. The van der Waals surface area contributed by atoms with Gasteiger partial charge in [0.15, 0.2) is 0 Å². The van der Waals surface area contributed by atoms with E-state index >= 15 is 0 Å². The van der Waals surface area contributed by atoms with Crippen molar-refractivity contribution in [2.45, 2.75) is 26.7 Å². The van der Waals surface area contributed by atoms with Gasteiger partial charge in [0.2, 0.25) is 0 Å². The molecule has 0 saturated heterocycles. The smallest absolute Gasteiger partial charge is 0.0109 e. The van der Waals surface area contributed by atoms with Crippen molar-refractivity contribution in [2.75, 3.05) is 6.54 Å². The summed E-state index contributed by atoms with van der Waals surface area (Å²) in [7, 11) is 0. The van der Waals surface area contributed by atoms with E-state index in [-0.39, 0.29) is 0 Å². The lowest BCUT2D eigenvalue weighted by molar-refractivity contribution is 0.964. The first-order valence-corrected chi connectivity index (χ1v) is 3.78. The highest BCUT2D eigenvalue weighted by atomic mass is 14.5. The second-order valence-corrected chi connectivity index (χ2v) is 2.39. The van der Waals surface area contributed by atoms with Gasteiger partial charge in [-0.3, -0.25) is 0 Å². The van der Waals surface area contributed by atoms with Crippen LogP contribution in [0.25, 0.3) is 0 Å². The molecule has 0 unspecified atom stereocenters. The van der Waals surface area contributed by atoms with Crippen LogP contribution in [-0.2, 0) is 0 Å². The maximum absolute atomic E-state index is 5.34. The third kappa shape index (κ3) is 5.57. The molecule has 0 amide bonds.